The van der Waals surface area contributed by atoms with Crippen molar-refractivity contribution in [2.45, 2.75) is 58.2 Å². The molecule has 2 aliphatic heterocycles. The van der Waals surface area contributed by atoms with Gasteiger partial charge in [-0.3, -0.25) is 4.79 Å². The molecule has 28 heavy (non-hydrogen) atoms. The topological polar surface area (TPSA) is 80.8 Å². The molecular formula is C20H28ClN3O4. The normalized spacial score (nSPS) is 20.8. The first-order valence-electron chi connectivity index (χ1n) is 9.79. The van der Waals surface area contributed by atoms with Crippen molar-refractivity contribution in [3.63, 3.8) is 0 Å². The van der Waals surface area contributed by atoms with E-state index in [-0.39, 0.29) is 24.0 Å². The van der Waals surface area contributed by atoms with E-state index in [4.69, 9.17) is 21.1 Å². The van der Waals surface area contributed by atoms with Gasteiger partial charge in [-0.15, -0.1) is 0 Å². The van der Waals surface area contributed by atoms with Crippen LogP contribution < -0.4 is 10.1 Å². The second kappa shape index (κ2) is 8.55. The zero-order chi connectivity index (χ0) is 20.3. The van der Waals surface area contributed by atoms with Crippen molar-refractivity contribution < 1.29 is 19.1 Å². The predicted molar refractivity (Wildman–Crippen MR) is 106 cm³/mol. The smallest absolute Gasteiger partial charge is 0.410 e. The minimum atomic E-state index is -0.503. The van der Waals surface area contributed by atoms with E-state index >= 15 is 0 Å². The van der Waals surface area contributed by atoms with Gasteiger partial charge < -0.3 is 19.7 Å². The number of carbonyl (C=O) groups excluding carboxylic acids is 2. The highest BCUT2D eigenvalue weighted by Gasteiger charge is 2.29. The van der Waals surface area contributed by atoms with Crippen molar-refractivity contribution >= 4 is 23.6 Å². The number of ether oxygens (including phenoxy) is 2. The summed E-state index contributed by atoms with van der Waals surface area (Å²) in [5.74, 6) is 0.508. The Morgan fingerprint density at radius 2 is 2.00 bits per heavy atom. The minimum absolute atomic E-state index is 0.0548. The third-order valence-corrected chi connectivity index (χ3v) is 5.12. The first-order chi connectivity index (χ1) is 13.2. The Morgan fingerprint density at radius 1 is 1.29 bits per heavy atom. The highest BCUT2D eigenvalue weighted by molar-refractivity contribution is 6.29. The number of hydrogen-bond donors (Lipinski definition) is 1. The number of pyridine rings is 1. The Balaban J connectivity index is 1.59. The lowest BCUT2D eigenvalue weighted by Crippen LogP contribution is -2.44. The van der Waals surface area contributed by atoms with Gasteiger partial charge in [0.2, 0.25) is 11.8 Å². The molecule has 2 amide bonds. The highest BCUT2D eigenvalue weighted by atomic mass is 35.5. The van der Waals surface area contributed by atoms with E-state index in [1.165, 1.54) is 0 Å². The van der Waals surface area contributed by atoms with E-state index in [0.29, 0.717) is 49.9 Å². The summed E-state index contributed by atoms with van der Waals surface area (Å²) in [6, 6.07) is 3.60. The molecular weight excluding hydrogens is 382 g/mol. The third kappa shape index (κ3) is 5.50. The molecule has 3 heterocycles. The Hall–Kier alpha value is -2.02. The standard InChI is InChI=1S/C20H28ClN3O4/c1-20(2,3)28-19(26)24-10-7-15(8-11-24)27-18-14(4-5-16(21)23-18)12-13-6-9-22-17(13)25/h4-5,13,15H,6-12H2,1-3H3,(H,22,25). The number of amides is 2. The molecule has 1 aromatic heterocycles. The van der Waals surface area contributed by atoms with Crippen molar-refractivity contribution in [3.8, 4) is 5.88 Å². The molecule has 2 fully saturated rings. The van der Waals surface area contributed by atoms with Gasteiger partial charge in [-0.1, -0.05) is 17.7 Å². The van der Waals surface area contributed by atoms with Crippen LogP contribution >= 0.6 is 11.6 Å². The number of halogens is 1. The van der Waals surface area contributed by atoms with E-state index in [9.17, 15) is 9.59 Å². The lowest BCUT2D eigenvalue weighted by Gasteiger charge is -2.33. The molecule has 0 bridgehead atoms. The molecule has 0 aliphatic carbocycles. The average molecular weight is 410 g/mol. The van der Waals surface area contributed by atoms with Gasteiger partial charge in [0.05, 0.1) is 0 Å². The molecule has 2 aliphatic rings. The van der Waals surface area contributed by atoms with Crippen molar-refractivity contribution in [3.05, 3.63) is 22.8 Å². The highest BCUT2D eigenvalue weighted by Crippen LogP contribution is 2.27. The van der Waals surface area contributed by atoms with E-state index in [0.717, 1.165) is 12.0 Å². The van der Waals surface area contributed by atoms with Crippen LogP contribution in [0.15, 0.2) is 12.1 Å². The summed E-state index contributed by atoms with van der Waals surface area (Å²) in [7, 11) is 0. The van der Waals surface area contributed by atoms with Crippen molar-refractivity contribution in [1.29, 1.82) is 0 Å². The molecule has 0 radical (unpaired) electrons. The number of hydrogen-bond acceptors (Lipinski definition) is 5. The van der Waals surface area contributed by atoms with Gasteiger partial charge in [-0.25, -0.2) is 9.78 Å². The Bertz CT molecular complexity index is 727. The van der Waals surface area contributed by atoms with Crippen LogP contribution in [0.25, 0.3) is 0 Å². The second-order valence-corrected chi connectivity index (χ2v) is 8.75. The Labute approximate surface area is 170 Å². The molecule has 1 aromatic rings. The zero-order valence-corrected chi connectivity index (χ0v) is 17.4. The molecule has 0 spiro atoms. The predicted octanol–water partition coefficient (Wildman–Crippen LogP) is 3.19. The van der Waals surface area contributed by atoms with Crippen molar-refractivity contribution in [2.75, 3.05) is 19.6 Å². The molecule has 1 N–H and O–H groups in total. The first-order valence-corrected chi connectivity index (χ1v) is 10.2. The van der Waals surface area contributed by atoms with Crippen molar-refractivity contribution in [1.82, 2.24) is 15.2 Å². The fraction of sp³-hybridized carbons (Fsp3) is 0.650. The number of nitrogens with one attached hydrogen (secondary N) is 1. The van der Waals surface area contributed by atoms with Crippen molar-refractivity contribution in [2.24, 2.45) is 5.92 Å². The third-order valence-electron chi connectivity index (χ3n) is 4.91. The van der Waals surface area contributed by atoms with Crippen LogP contribution in [0.4, 0.5) is 4.79 Å². The maximum atomic E-state index is 12.2. The molecule has 154 valence electrons. The zero-order valence-electron chi connectivity index (χ0n) is 16.7. The molecule has 1 unspecified atom stereocenters. The van der Waals surface area contributed by atoms with Crippen LogP contribution in [0.5, 0.6) is 5.88 Å². The van der Waals surface area contributed by atoms with Gasteiger partial charge in [0.1, 0.15) is 16.9 Å². The lowest BCUT2D eigenvalue weighted by atomic mass is 9.99. The van der Waals surface area contributed by atoms with Gasteiger partial charge >= 0.3 is 6.09 Å². The summed E-state index contributed by atoms with van der Waals surface area (Å²) in [4.78, 5) is 30.1. The fourth-order valence-electron chi connectivity index (χ4n) is 3.45. The quantitative estimate of drug-likeness (QED) is 0.772. The van der Waals surface area contributed by atoms with Crippen LogP contribution in [0.3, 0.4) is 0 Å². The Kier molecular flexibility index (Phi) is 6.33. The molecule has 0 aromatic carbocycles. The SMILES string of the molecule is CC(C)(C)OC(=O)N1CCC(Oc2nc(Cl)ccc2CC2CCNC2=O)CC1. The molecule has 0 saturated carbocycles. The number of carbonyl (C=O) groups is 2. The number of nitrogens with zero attached hydrogens (tertiary/aromatic N) is 2. The molecule has 1 atom stereocenters. The largest absolute Gasteiger partial charge is 0.474 e. The number of rotatable bonds is 4. The van der Waals surface area contributed by atoms with Crippen LogP contribution in [-0.2, 0) is 16.0 Å². The summed E-state index contributed by atoms with van der Waals surface area (Å²) in [6.07, 6.45) is 2.44. The Morgan fingerprint density at radius 3 is 2.61 bits per heavy atom. The summed E-state index contributed by atoms with van der Waals surface area (Å²) < 4.78 is 11.6. The van der Waals surface area contributed by atoms with E-state index in [1.807, 2.05) is 26.8 Å². The molecule has 3 rings (SSSR count). The van der Waals surface area contributed by atoms with E-state index in [1.54, 1.807) is 11.0 Å². The van der Waals surface area contributed by atoms with Gasteiger partial charge in [-0.05, 0) is 39.7 Å². The second-order valence-electron chi connectivity index (χ2n) is 8.36. The molecule has 2 saturated heterocycles. The summed E-state index contributed by atoms with van der Waals surface area (Å²) in [6.45, 7) is 7.43. The molecule has 8 heteroatoms. The summed E-state index contributed by atoms with van der Waals surface area (Å²) in [5, 5.41) is 3.22. The van der Waals surface area contributed by atoms with Crippen LogP contribution in [0, 0.1) is 5.92 Å². The first kappa shape index (κ1) is 20.7. The van der Waals surface area contributed by atoms with Gasteiger partial charge in [-0.2, -0.15) is 0 Å². The molecule has 7 nitrogen and oxygen atoms in total. The maximum absolute atomic E-state index is 12.2. The summed E-state index contributed by atoms with van der Waals surface area (Å²) in [5.41, 5.74) is 0.386. The van der Waals surface area contributed by atoms with Gasteiger partial charge in [0.15, 0.2) is 0 Å². The number of likely N-dealkylation sites (tertiary alicyclic amines) is 1. The fourth-order valence-corrected chi connectivity index (χ4v) is 3.59. The minimum Gasteiger partial charge on any atom is -0.474 e. The lowest BCUT2D eigenvalue weighted by molar-refractivity contribution is -0.122. The van der Waals surface area contributed by atoms with Gasteiger partial charge in [0, 0.05) is 44.0 Å². The monoisotopic (exact) mass is 409 g/mol. The van der Waals surface area contributed by atoms with Gasteiger partial charge in [0.25, 0.3) is 0 Å². The maximum Gasteiger partial charge on any atom is 0.410 e. The number of piperidine rings is 1. The number of aromatic nitrogens is 1. The van der Waals surface area contributed by atoms with Crippen LogP contribution in [0.2, 0.25) is 5.15 Å². The summed E-state index contributed by atoms with van der Waals surface area (Å²) >= 11 is 6.07. The van der Waals surface area contributed by atoms with E-state index in [2.05, 4.69) is 10.3 Å². The van der Waals surface area contributed by atoms with Crippen LogP contribution in [0.1, 0.15) is 45.6 Å². The average Bonchev–Trinajstić information content (AvgIpc) is 3.01. The van der Waals surface area contributed by atoms with E-state index < -0.39 is 5.60 Å². The van der Waals surface area contributed by atoms with Crippen LogP contribution in [-0.4, -0.2) is 53.2 Å².